The van der Waals surface area contributed by atoms with Crippen molar-refractivity contribution in [2.24, 2.45) is 5.73 Å². The Hall–Kier alpha value is -3.60. The number of hydrogen-bond donors (Lipinski definition) is 5. The fourth-order valence-corrected chi connectivity index (χ4v) is 6.48. The molecule has 2 fully saturated rings. The van der Waals surface area contributed by atoms with E-state index in [9.17, 15) is 4.79 Å². The lowest BCUT2D eigenvalue weighted by atomic mass is 9.91. The average Bonchev–Trinajstić information content (AvgIpc) is 3.57. The van der Waals surface area contributed by atoms with Crippen molar-refractivity contribution in [2.45, 2.75) is 82.3 Å². The highest BCUT2D eigenvalue weighted by Crippen LogP contribution is 2.37. The van der Waals surface area contributed by atoms with Crippen molar-refractivity contribution in [1.82, 2.24) is 25.2 Å². The van der Waals surface area contributed by atoms with Crippen molar-refractivity contribution in [2.75, 3.05) is 6.54 Å². The zero-order chi connectivity index (χ0) is 31.0. The zero-order valence-electron chi connectivity index (χ0n) is 24.8. The number of nitrogens with zero attached hydrogens (tertiary/aromatic N) is 2. The van der Waals surface area contributed by atoms with Crippen molar-refractivity contribution in [3.05, 3.63) is 80.9 Å². The van der Waals surface area contributed by atoms with Gasteiger partial charge < -0.3 is 21.4 Å². The highest BCUT2D eigenvalue weighted by molar-refractivity contribution is 6.31. The molecule has 1 saturated heterocycles. The summed E-state index contributed by atoms with van der Waals surface area (Å²) in [4.78, 5) is 20.3. The first-order chi connectivity index (χ1) is 21.1. The van der Waals surface area contributed by atoms with E-state index in [0.717, 1.165) is 63.4 Å². The van der Waals surface area contributed by atoms with Crippen LogP contribution in [0.3, 0.4) is 0 Å². The second-order valence-corrected chi connectivity index (χ2v) is 12.8. The molecule has 2 aromatic heterocycles. The van der Waals surface area contributed by atoms with Crippen molar-refractivity contribution < 1.29 is 8.78 Å². The van der Waals surface area contributed by atoms with Gasteiger partial charge in [-0.1, -0.05) is 24.1 Å². The van der Waals surface area contributed by atoms with Crippen LogP contribution in [-0.4, -0.2) is 38.5 Å². The average molecular weight is 622 g/mol. The fourth-order valence-electron chi connectivity index (χ4n) is 6.24. The second-order valence-electron chi connectivity index (χ2n) is 12.4. The van der Waals surface area contributed by atoms with Crippen LogP contribution >= 0.6 is 11.6 Å². The summed E-state index contributed by atoms with van der Waals surface area (Å²) in [6.07, 6.45) is 9.88. The van der Waals surface area contributed by atoms with Gasteiger partial charge in [-0.15, -0.1) is 0 Å². The summed E-state index contributed by atoms with van der Waals surface area (Å²) < 4.78 is 31.9. The molecule has 2 aliphatic rings. The lowest BCUT2D eigenvalue weighted by Gasteiger charge is -2.32. The molecule has 0 bridgehead atoms. The van der Waals surface area contributed by atoms with E-state index < -0.39 is 17.3 Å². The smallest absolute Gasteiger partial charge is 0.354 e. The summed E-state index contributed by atoms with van der Waals surface area (Å²) >= 11 is 6.27. The van der Waals surface area contributed by atoms with Crippen LogP contribution < -0.4 is 22.1 Å². The Bertz CT molecular complexity index is 1760. The van der Waals surface area contributed by atoms with Crippen LogP contribution in [-0.2, 0) is 6.42 Å². The molecule has 232 valence electrons. The highest BCUT2D eigenvalue weighted by Gasteiger charge is 2.37. The standard InChI is InChI=1S/C33H38ClF2N7O/c1-19(37)39-13-9-22-5-2-6-28(40-22)24-8-7-23(17-27(24)35)43-18-21-16-29(41-31(21)42-32(43)44)25-14-20(15-26(34)30(25)36)4-3-10-33(38)11-12-33/h7-8,14-18,22,28,40H,2-6,9-13,38H2,1H3,(H2,37,39)(H,41,42,44)/t22-,28-/m0/s1. The van der Waals surface area contributed by atoms with Crippen LogP contribution in [0.5, 0.6) is 0 Å². The maximum absolute atomic E-state index is 15.5. The van der Waals surface area contributed by atoms with E-state index in [-0.39, 0.29) is 22.6 Å². The number of H-pyrrole nitrogens is 1. The lowest BCUT2D eigenvalue weighted by molar-refractivity contribution is 0.307. The number of nitrogens with two attached hydrogens (primary N) is 1. The van der Waals surface area contributed by atoms with E-state index in [0.29, 0.717) is 45.9 Å². The summed E-state index contributed by atoms with van der Waals surface area (Å²) in [7, 11) is 0. The Balaban J connectivity index is 1.22. The van der Waals surface area contributed by atoms with Gasteiger partial charge in [-0.3, -0.25) is 9.98 Å². The topological polar surface area (TPSA) is 125 Å². The van der Waals surface area contributed by atoms with Crippen LogP contribution in [0.4, 0.5) is 8.78 Å². The van der Waals surface area contributed by atoms with Crippen LogP contribution in [0.25, 0.3) is 28.0 Å². The van der Waals surface area contributed by atoms with Gasteiger partial charge >= 0.3 is 5.69 Å². The number of piperidine rings is 1. The third-order valence-electron chi connectivity index (χ3n) is 8.92. The number of nitrogens with one attached hydrogen (secondary N) is 4. The Labute approximate surface area is 259 Å². The first-order valence-corrected chi connectivity index (χ1v) is 15.7. The normalized spacial score (nSPS) is 19.3. The molecule has 0 radical (unpaired) electrons. The predicted octanol–water partition coefficient (Wildman–Crippen LogP) is 6.29. The summed E-state index contributed by atoms with van der Waals surface area (Å²) in [6, 6.07) is 10.1. The van der Waals surface area contributed by atoms with Gasteiger partial charge in [-0.2, -0.15) is 4.98 Å². The number of aryl methyl sites for hydroxylation is 1. The molecule has 0 spiro atoms. The van der Waals surface area contributed by atoms with Gasteiger partial charge in [0.2, 0.25) is 0 Å². The molecule has 44 heavy (non-hydrogen) atoms. The van der Waals surface area contributed by atoms with E-state index in [1.54, 1.807) is 43.5 Å². The maximum Gasteiger partial charge on any atom is 0.354 e. The number of benzene rings is 2. The minimum absolute atomic E-state index is 0.0324. The minimum atomic E-state index is -0.578. The van der Waals surface area contributed by atoms with Gasteiger partial charge in [-0.25, -0.2) is 13.6 Å². The SMILES string of the molecule is CC(=N)NCC[C@@H]1CCC[C@@H](c2ccc(-n3cc4cc(-c5cc(CCCC6(N)CC6)cc(Cl)c5F)[nH]c4nc3=O)cc2F)N1. The number of fused-ring (bicyclic) bond motifs is 1. The lowest BCUT2D eigenvalue weighted by Crippen LogP contribution is -2.39. The molecule has 2 aromatic carbocycles. The molecule has 3 heterocycles. The Morgan fingerprint density at radius 1 is 1.23 bits per heavy atom. The van der Waals surface area contributed by atoms with Crippen LogP contribution in [0, 0.1) is 17.0 Å². The number of halogens is 3. The fraction of sp³-hybridized carbons (Fsp3) is 0.424. The number of aromatic amines is 1. The Morgan fingerprint density at radius 3 is 2.80 bits per heavy atom. The molecule has 0 unspecified atom stereocenters. The molecular formula is C33H38ClF2N7O. The van der Waals surface area contributed by atoms with Crippen molar-refractivity contribution in [1.29, 1.82) is 5.41 Å². The van der Waals surface area contributed by atoms with E-state index in [2.05, 4.69) is 20.6 Å². The van der Waals surface area contributed by atoms with Gasteiger partial charge in [0.25, 0.3) is 0 Å². The molecule has 6 N–H and O–H groups in total. The maximum atomic E-state index is 15.5. The largest absolute Gasteiger partial charge is 0.374 e. The van der Waals surface area contributed by atoms with Gasteiger partial charge in [0.05, 0.1) is 22.2 Å². The molecule has 0 amide bonds. The molecule has 1 saturated carbocycles. The summed E-state index contributed by atoms with van der Waals surface area (Å²) in [5.74, 6) is -0.512. The quantitative estimate of drug-likeness (QED) is 0.105. The van der Waals surface area contributed by atoms with Crippen LogP contribution in [0.15, 0.2) is 47.4 Å². The van der Waals surface area contributed by atoms with Crippen LogP contribution in [0.2, 0.25) is 5.02 Å². The molecule has 4 aromatic rings. The van der Waals surface area contributed by atoms with E-state index >= 15 is 8.78 Å². The monoisotopic (exact) mass is 621 g/mol. The van der Waals surface area contributed by atoms with Gasteiger partial charge in [0, 0.05) is 46.9 Å². The van der Waals surface area contributed by atoms with Gasteiger partial charge in [-0.05, 0) is 94.2 Å². The Morgan fingerprint density at radius 2 is 2.05 bits per heavy atom. The van der Waals surface area contributed by atoms with E-state index in [1.807, 2.05) is 0 Å². The van der Waals surface area contributed by atoms with Gasteiger partial charge in [0.15, 0.2) is 5.82 Å². The molecule has 1 aliphatic heterocycles. The minimum Gasteiger partial charge on any atom is -0.374 e. The van der Waals surface area contributed by atoms with Gasteiger partial charge in [0.1, 0.15) is 11.5 Å². The third-order valence-corrected chi connectivity index (χ3v) is 9.20. The molecular weight excluding hydrogens is 584 g/mol. The van der Waals surface area contributed by atoms with E-state index in [4.69, 9.17) is 22.7 Å². The summed E-state index contributed by atoms with van der Waals surface area (Å²) in [6.45, 7) is 2.41. The number of hydrogen-bond acceptors (Lipinski definition) is 5. The highest BCUT2D eigenvalue weighted by atomic mass is 35.5. The van der Waals surface area contributed by atoms with Crippen molar-refractivity contribution in [3.8, 4) is 16.9 Å². The van der Waals surface area contributed by atoms with Crippen molar-refractivity contribution >= 4 is 28.5 Å². The summed E-state index contributed by atoms with van der Waals surface area (Å²) in [5, 5.41) is 14.7. The molecule has 11 heteroatoms. The van der Waals surface area contributed by atoms with Crippen LogP contribution in [0.1, 0.15) is 75.5 Å². The number of rotatable bonds is 10. The van der Waals surface area contributed by atoms with E-state index in [1.165, 1.54) is 10.6 Å². The zero-order valence-corrected chi connectivity index (χ0v) is 25.5. The first kappa shape index (κ1) is 30.4. The number of amidine groups is 1. The van der Waals surface area contributed by atoms with Crippen molar-refractivity contribution in [3.63, 3.8) is 0 Å². The third kappa shape index (κ3) is 6.72. The molecule has 2 atom stereocenters. The summed E-state index contributed by atoms with van der Waals surface area (Å²) in [5.41, 5.74) is 8.49. The molecule has 8 nitrogen and oxygen atoms in total. The number of aromatic nitrogens is 3. The second kappa shape index (κ2) is 12.4. The molecule has 6 rings (SSSR count). The molecule has 1 aliphatic carbocycles. The first-order valence-electron chi connectivity index (χ1n) is 15.3. The predicted molar refractivity (Wildman–Crippen MR) is 171 cm³/mol. The Kier molecular flexibility index (Phi) is 8.59.